The van der Waals surface area contributed by atoms with E-state index < -0.39 is 0 Å². The lowest BCUT2D eigenvalue weighted by molar-refractivity contribution is 0.511. The molecule has 3 heteroatoms. The van der Waals surface area contributed by atoms with Crippen LogP contribution >= 0.6 is 0 Å². The highest BCUT2D eigenvalue weighted by atomic mass is 15.0. The van der Waals surface area contributed by atoms with E-state index in [1.54, 1.807) is 0 Å². The van der Waals surface area contributed by atoms with E-state index in [-0.39, 0.29) is 0 Å². The van der Waals surface area contributed by atoms with Crippen molar-refractivity contribution in [2.45, 2.75) is 38.6 Å². The molecule has 2 N–H and O–H groups in total. The molecule has 3 nitrogen and oxygen atoms in total. The van der Waals surface area contributed by atoms with Gasteiger partial charge in [-0.2, -0.15) is 0 Å². The van der Waals surface area contributed by atoms with E-state index in [0.717, 1.165) is 23.8 Å². The number of hydrogen-bond donors (Lipinski definition) is 2. The van der Waals surface area contributed by atoms with Crippen LogP contribution in [0.5, 0.6) is 0 Å². The van der Waals surface area contributed by atoms with Crippen molar-refractivity contribution < 1.29 is 0 Å². The molecule has 0 radical (unpaired) electrons. The van der Waals surface area contributed by atoms with Gasteiger partial charge in [-0.1, -0.05) is 43.2 Å². The van der Waals surface area contributed by atoms with Crippen molar-refractivity contribution in [3.05, 3.63) is 41.9 Å². The molecule has 1 atom stereocenters. The van der Waals surface area contributed by atoms with Gasteiger partial charge in [-0.05, 0) is 26.3 Å². The zero-order chi connectivity index (χ0) is 13.1. The third-order valence-electron chi connectivity index (χ3n) is 3.84. The summed E-state index contributed by atoms with van der Waals surface area (Å²) < 4.78 is 0. The van der Waals surface area contributed by atoms with Crippen LogP contribution in [0.15, 0.2) is 30.3 Å². The molecule has 1 fully saturated rings. The zero-order valence-electron chi connectivity index (χ0n) is 11.4. The maximum Gasteiger partial charge on any atom is 0.124 e. The van der Waals surface area contributed by atoms with Gasteiger partial charge in [0, 0.05) is 11.3 Å². The van der Waals surface area contributed by atoms with E-state index in [9.17, 15) is 0 Å². The molecule has 1 unspecified atom stereocenters. The lowest BCUT2D eigenvalue weighted by Gasteiger charge is -2.12. The van der Waals surface area contributed by atoms with E-state index in [2.05, 4.69) is 41.5 Å². The Labute approximate surface area is 114 Å². The quantitative estimate of drug-likeness (QED) is 0.861. The van der Waals surface area contributed by atoms with Gasteiger partial charge in [0.25, 0.3) is 0 Å². The largest absolute Gasteiger partial charge is 0.344 e. The first-order chi connectivity index (χ1) is 9.34. The molecular weight excluding hydrogens is 234 g/mol. The molecule has 0 aliphatic carbocycles. The molecule has 100 valence electrons. The molecule has 1 aliphatic rings. The summed E-state index contributed by atoms with van der Waals surface area (Å²) in [5, 5.41) is 3.60. The number of imidazole rings is 1. The van der Waals surface area contributed by atoms with Gasteiger partial charge in [-0.15, -0.1) is 0 Å². The van der Waals surface area contributed by atoms with Gasteiger partial charge in [-0.3, -0.25) is 0 Å². The predicted molar refractivity (Wildman–Crippen MR) is 78.0 cm³/mol. The molecule has 0 bridgehead atoms. The molecule has 1 saturated heterocycles. The van der Waals surface area contributed by atoms with E-state index in [0.29, 0.717) is 6.04 Å². The Balaban J connectivity index is 1.88. The summed E-state index contributed by atoms with van der Waals surface area (Å²) in [6.07, 6.45) is 5.08. The van der Waals surface area contributed by atoms with E-state index in [1.165, 1.54) is 31.2 Å². The topological polar surface area (TPSA) is 40.7 Å². The van der Waals surface area contributed by atoms with E-state index in [1.807, 2.05) is 6.07 Å². The van der Waals surface area contributed by atoms with Gasteiger partial charge in [0.1, 0.15) is 5.82 Å². The number of aromatic nitrogens is 2. The molecule has 3 rings (SSSR count). The van der Waals surface area contributed by atoms with Gasteiger partial charge in [0.2, 0.25) is 0 Å². The number of H-pyrrole nitrogens is 1. The zero-order valence-corrected chi connectivity index (χ0v) is 11.4. The van der Waals surface area contributed by atoms with Crippen molar-refractivity contribution in [1.82, 2.24) is 15.3 Å². The number of benzene rings is 1. The number of nitrogens with zero attached hydrogens (tertiary/aromatic N) is 1. The van der Waals surface area contributed by atoms with Crippen LogP contribution in [0.4, 0.5) is 0 Å². The number of hydrogen-bond acceptors (Lipinski definition) is 2. The Morgan fingerprint density at radius 1 is 1.11 bits per heavy atom. The minimum Gasteiger partial charge on any atom is -0.344 e. The van der Waals surface area contributed by atoms with Gasteiger partial charge in [-0.25, -0.2) is 4.98 Å². The van der Waals surface area contributed by atoms with Crippen LogP contribution in [-0.4, -0.2) is 16.5 Å². The fraction of sp³-hybridized carbons (Fsp3) is 0.438. The fourth-order valence-corrected chi connectivity index (χ4v) is 2.79. The van der Waals surface area contributed by atoms with Crippen molar-refractivity contribution in [3.63, 3.8) is 0 Å². The van der Waals surface area contributed by atoms with Crippen molar-refractivity contribution in [2.75, 3.05) is 6.54 Å². The van der Waals surface area contributed by atoms with Gasteiger partial charge in [0.05, 0.1) is 11.7 Å². The van der Waals surface area contributed by atoms with Crippen molar-refractivity contribution in [1.29, 1.82) is 0 Å². The number of aromatic amines is 1. The second-order valence-electron chi connectivity index (χ2n) is 5.32. The summed E-state index contributed by atoms with van der Waals surface area (Å²) in [6, 6.07) is 10.8. The Morgan fingerprint density at radius 2 is 1.95 bits per heavy atom. The SMILES string of the molecule is Cc1[nH]c(C2CCCCCN2)nc1-c1ccccc1. The molecule has 0 spiro atoms. The summed E-state index contributed by atoms with van der Waals surface area (Å²) >= 11 is 0. The van der Waals surface area contributed by atoms with Gasteiger partial charge < -0.3 is 10.3 Å². The number of aryl methyl sites for hydroxylation is 1. The lowest BCUT2D eigenvalue weighted by Crippen LogP contribution is -2.21. The Hall–Kier alpha value is -1.61. The minimum absolute atomic E-state index is 0.388. The Morgan fingerprint density at radius 3 is 2.79 bits per heavy atom. The molecule has 0 amide bonds. The number of nitrogens with one attached hydrogen (secondary N) is 2. The first-order valence-electron chi connectivity index (χ1n) is 7.20. The average molecular weight is 255 g/mol. The first-order valence-corrected chi connectivity index (χ1v) is 7.20. The number of rotatable bonds is 2. The summed E-state index contributed by atoms with van der Waals surface area (Å²) in [7, 11) is 0. The molecule has 2 aromatic rings. The lowest BCUT2D eigenvalue weighted by atomic mass is 10.1. The molecule has 1 aliphatic heterocycles. The molecule has 2 heterocycles. The van der Waals surface area contributed by atoms with Gasteiger partial charge in [0.15, 0.2) is 0 Å². The van der Waals surface area contributed by atoms with Crippen LogP contribution < -0.4 is 5.32 Å². The van der Waals surface area contributed by atoms with Crippen molar-refractivity contribution >= 4 is 0 Å². The van der Waals surface area contributed by atoms with Crippen LogP contribution in [0.2, 0.25) is 0 Å². The Bertz CT molecular complexity index is 522. The maximum absolute atomic E-state index is 4.83. The molecule has 19 heavy (non-hydrogen) atoms. The average Bonchev–Trinajstić information content (AvgIpc) is 2.67. The molecule has 0 saturated carbocycles. The van der Waals surface area contributed by atoms with Crippen molar-refractivity contribution in [2.24, 2.45) is 0 Å². The summed E-state index contributed by atoms with van der Waals surface area (Å²) in [6.45, 7) is 3.21. The third-order valence-corrected chi connectivity index (χ3v) is 3.84. The smallest absolute Gasteiger partial charge is 0.124 e. The molecule has 1 aromatic carbocycles. The van der Waals surface area contributed by atoms with Crippen LogP contribution in [-0.2, 0) is 0 Å². The summed E-state index contributed by atoms with van der Waals surface area (Å²) in [5.41, 5.74) is 3.44. The monoisotopic (exact) mass is 255 g/mol. The van der Waals surface area contributed by atoms with E-state index >= 15 is 0 Å². The summed E-state index contributed by atoms with van der Waals surface area (Å²) in [5.74, 6) is 1.10. The second kappa shape index (κ2) is 5.57. The minimum atomic E-state index is 0.388. The van der Waals surface area contributed by atoms with E-state index in [4.69, 9.17) is 4.98 Å². The maximum atomic E-state index is 4.83. The second-order valence-corrected chi connectivity index (χ2v) is 5.32. The van der Waals surface area contributed by atoms with Gasteiger partial charge >= 0.3 is 0 Å². The van der Waals surface area contributed by atoms with Crippen LogP contribution in [0.1, 0.15) is 43.2 Å². The Kier molecular flexibility index (Phi) is 3.65. The highest BCUT2D eigenvalue weighted by Crippen LogP contribution is 2.26. The predicted octanol–water partition coefficient (Wildman–Crippen LogP) is 3.59. The molecule has 1 aromatic heterocycles. The van der Waals surface area contributed by atoms with Crippen molar-refractivity contribution in [3.8, 4) is 11.3 Å². The first kappa shape index (κ1) is 12.4. The van der Waals surface area contributed by atoms with Crippen LogP contribution in [0, 0.1) is 6.92 Å². The normalized spacial score (nSPS) is 20.2. The fourth-order valence-electron chi connectivity index (χ4n) is 2.79. The standard InChI is InChI=1S/C16H21N3/c1-12-15(13-8-4-2-5-9-13)19-16(18-12)14-10-6-3-7-11-17-14/h2,4-5,8-9,14,17H,3,6-7,10-11H2,1H3,(H,18,19). The third kappa shape index (κ3) is 2.71. The highest BCUT2D eigenvalue weighted by molar-refractivity contribution is 5.61. The van der Waals surface area contributed by atoms with Crippen LogP contribution in [0.25, 0.3) is 11.3 Å². The van der Waals surface area contributed by atoms with Crippen LogP contribution in [0.3, 0.4) is 0 Å². The molecular formula is C16H21N3. The highest BCUT2D eigenvalue weighted by Gasteiger charge is 2.18. The summed E-state index contributed by atoms with van der Waals surface area (Å²) in [4.78, 5) is 8.29.